The predicted molar refractivity (Wildman–Crippen MR) is 321 cm³/mol. The van der Waals surface area contributed by atoms with Crippen molar-refractivity contribution in [3.8, 4) is 66.8 Å². The van der Waals surface area contributed by atoms with E-state index in [0.717, 1.165) is 96.4 Å². The van der Waals surface area contributed by atoms with Gasteiger partial charge in [-0.25, -0.2) is 0 Å². The maximum absolute atomic E-state index is 9.05. The molecule has 3 heteroatoms. The van der Waals surface area contributed by atoms with Gasteiger partial charge in [0, 0.05) is 63.3 Å². The Kier molecular flexibility index (Phi) is 5.46. The Bertz CT molecular complexity index is 6130. The molecule has 0 aliphatic carbocycles. The number of rotatable bonds is 6. The maximum atomic E-state index is 9.05. The topological polar surface area (TPSA) is 8.82 Å². The van der Waals surface area contributed by atoms with Crippen LogP contribution in [0.2, 0.25) is 0 Å². The van der Waals surface area contributed by atoms with E-state index < -0.39 is 121 Å². The number of thiophene rings is 1. The lowest BCUT2D eigenvalue weighted by Gasteiger charge is -2.12. The van der Waals surface area contributed by atoms with E-state index >= 15 is 0 Å². The Balaban J connectivity index is 0.937. The Morgan fingerprint density at radius 3 is 1.21 bits per heavy atom. The molecule has 0 N–H and O–H groups in total. The molecule has 17 rings (SSSR count). The molecule has 5 heterocycles. The summed E-state index contributed by atoms with van der Waals surface area (Å²) >= 11 is 1.70. The largest absolute Gasteiger partial charge is 0.308 e. The Hall–Kier alpha value is -9.54. The maximum Gasteiger partial charge on any atom is 0.0635 e. The summed E-state index contributed by atoms with van der Waals surface area (Å²) < 4.78 is 181. The number of hydrogen-bond acceptors (Lipinski definition) is 1. The third kappa shape index (κ3) is 5.96. The second kappa shape index (κ2) is 15.5. The molecule has 12 aromatic carbocycles. The summed E-state index contributed by atoms with van der Waals surface area (Å²) in [7, 11) is 0. The van der Waals surface area contributed by atoms with E-state index in [1.54, 1.807) is 35.6 Å². The van der Waals surface area contributed by atoms with E-state index in [1.807, 2.05) is 48.5 Å². The van der Waals surface area contributed by atoms with Crippen LogP contribution in [-0.2, 0) is 0 Å². The van der Waals surface area contributed by atoms with Crippen LogP contribution in [0, 0.1) is 0 Å². The number of aromatic nitrogens is 2. The fourth-order valence-corrected chi connectivity index (χ4v) is 13.1. The van der Waals surface area contributed by atoms with Gasteiger partial charge in [0.05, 0.1) is 60.5 Å². The fourth-order valence-electron chi connectivity index (χ4n) is 11.9. The SMILES string of the molecule is [2H]c1c([2H])c([2H])c(-c2cc(-c3ccc4c5cccc6c7cc8c(cc7n(c4c3)c56)c3cc4c5ccccc5sc4c4c5ccc(-c6cc(-c7c([2H])c([2H])c([2H])c([2H])c7[2H])cc(-c7c([2H])c([2H])c([2H])c([2H])c7[2H])c6)cc5n8c34)cc(-c3c([2H])c([2H])c([2H])c([2H])c3[2H])c2)c([2H])c1[2H]. The van der Waals surface area contributed by atoms with Crippen molar-refractivity contribution in [2.24, 2.45) is 0 Å². The number of para-hydroxylation sites is 1. The molecule has 0 saturated carbocycles. The fraction of sp³-hybridized carbons (Fsp3) is 0. The van der Waals surface area contributed by atoms with Crippen molar-refractivity contribution in [3.05, 3.63) is 254 Å². The first-order valence-electron chi connectivity index (χ1n) is 34.2. The summed E-state index contributed by atoms with van der Waals surface area (Å²) in [6, 6.07) is 32.5. The van der Waals surface area contributed by atoms with Gasteiger partial charge >= 0.3 is 0 Å². The van der Waals surface area contributed by atoms with Crippen LogP contribution >= 0.6 is 11.3 Å². The number of benzene rings is 12. The van der Waals surface area contributed by atoms with Crippen molar-refractivity contribution < 1.29 is 27.4 Å². The smallest absolute Gasteiger partial charge is 0.0635 e. The third-order valence-electron chi connectivity index (χ3n) is 15.0. The van der Waals surface area contributed by atoms with Gasteiger partial charge in [-0.15, -0.1) is 11.3 Å². The van der Waals surface area contributed by atoms with Gasteiger partial charge in [-0.1, -0.05) is 182 Å². The molecular formula is C72H42N2S. The second-order valence-corrected chi connectivity index (χ2v) is 20.0. The molecule has 17 aromatic rings. The third-order valence-corrected chi connectivity index (χ3v) is 16.2. The summed E-state index contributed by atoms with van der Waals surface area (Å²) in [5, 5.41) is 9.83. The van der Waals surface area contributed by atoms with Crippen LogP contribution in [-0.4, -0.2) is 8.80 Å². The van der Waals surface area contributed by atoms with Crippen LogP contribution in [0.3, 0.4) is 0 Å². The lowest BCUT2D eigenvalue weighted by molar-refractivity contribution is 1.36. The molecule has 0 bridgehead atoms. The summed E-state index contributed by atoms with van der Waals surface area (Å²) in [5.74, 6) is 0. The predicted octanol–water partition coefficient (Wildman–Crippen LogP) is 20.4. The first kappa shape index (κ1) is 26.4. The van der Waals surface area contributed by atoms with Crippen molar-refractivity contribution in [3.63, 3.8) is 0 Å². The Labute approximate surface area is 463 Å². The van der Waals surface area contributed by atoms with Gasteiger partial charge in [-0.3, -0.25) is 0 Å². The van der Waals surface area contributed by atoms with E-state index in [1.165, 1.54) is 12.1 Å². The Morgan fingerprint density at radius 1 is 0.267 bits per heavy atom. The molecule has 0 fully saturated rings. The monoisotopic (exact) mass is 986 g/mol. The number of fused-ring (bicyclic) bond motifs is 16. The van der Waals surface area contributed by atoms with Gasteiger partial charge < -0.3 is 8.80 Å². The van der Waals surface area contributed by atoms with Gasteiger partial charge in [-0.2, -0.15) is 0 Å². The number of nitrogens with zero attached hydrogens (tertiary/aromatic N) is 2. The molecular weight excluding hydrogens is 925 g/mol. The number of hydrogen-bond donors (Lipinski definition) is 0. The minimum absolute atomic E-state index is 0.119. The molecule has 0 atom stereocenters. The van der Waals surface area contributed by atoms with Crippen LogP contribution in [0.15, 0.2) is 254 Å². The molecule has 0 aliphatic rings. The van der Waals surface area contributed by atoms with Gasteiger partial charge in [0.15, 0.2) is 0 Å². The standard InChI is InChI=1S/C72H42N2S/c1-5-16-43(17-6-1)49-32-50(44-18-7-2-8-19-44)35-53(34-49)47-28-30-55-57-25-15-26-58-60-41-67-61(42-66(60)73(70(57)58)64(55)38-47)62-40-63-56-24-13-14-27-68(56)75-72(63)69-59-31-29-48(39-65(59)74(67)71(62)69)54-36-51(45-20-9-3-10-21-45)33-52(37-54)46-22-11-4-12-23-46/h1-42H/i1D,2D,3D,4D,5D,6D,7D,8D,9D,10D,11D,12D,16D,17D,18D,19D,20D,21D,22D,23D. The van der Waals surface area contributed by atoms with Crippen LogP contribution < -0.4 is 0 Å². The molecule has 0 unspecified atom stereocenters. The zero-order chi connectivity index (χ0) is 66.3. The summed E-state index contributed by atoms with van der Waals surface area (Å²) in [6.07, 6.45) is 0. The van der Waals surface area contributed by atoms with E-state index in [-0.39, 0.29) is 44.5 Å². The van der Waals surface area contributed by atoms with Crippen LogP contribution in [0.5, 0.6) is 0 Å². The molecule has 0 spiro atoms. The molecule has 5 aromatic heterocycles. The zero-order valence-electron chi connectivity index (χ0n) is 59.0. The van der Waals surface area contributed by atoms with Crippen molar-refractivity contribution >= 4 is 108 Å². The van der Waals surface area contributed by atoms with E-state index in [4.69, 9.17) is 27.4 Å². The summed E-state index contributed by atoms with van der Waals surface area (Å²) in [6.45, 7) is 0. The van der Waals surface area contributed by atoms with E-state index in [2.05, 4.69) is 57.3 Å². The van der Waals surface area contributed by atoms with Crippen LogP contribution in [0.1, 0.15) is 27.4 Å². The molecule has 2 nitrogen and oxygen atoms in total. The van der Waals surface area contributed by atoms with E-state index in [0.29, 0.717) is 22.3 Å². The van der Waals surface area contributed by atoms with Gasteiger partial charge in [0.1, 0.15) is 0 Å². The van der Waals surface area contributed by atoms with Gasteiger partial charge in [-0.05, 0) is 140 Å². The molecule has 75 heavy (non-hydrogen) atoms. The average molecular weight is 987 g/mol. The lowest BCUT2D eigenvalue weighted by Crippen LogP contribution is -1.88. The highest BCUT2D eigenvalue weighted by Gasteiger charge is 2.26. The van der Waals surface area contributed by atoms with Crippen molar-refractivity contribution in [1.82, 2.24) is 8.80 Å². The molecule has 0 amide bonds. The Morgan fingerprint density at radius 2 is 0.680 bits per heavy atom. The molecule has 346 valence electrons. The minimum atomic E-state index is -0.578. The average Bonchev–Trinajstić information content (AvgIpc) is 1.51. The zero-order valence-corrected chi connectivity index (χ0v) is 39.8. The van der Waals surface area contributed by atoms with Crippen molar-refractivity contribution in [2.45, 2.75) is 0 Å². The molecule has 0 aliphatic heterocycles. The van der Waals surface area contributed by atoms with Crippen molar-refractivity contribution in [1.29, 1.82) is 0 Å². The first-order valence-corrected chi connectivity index (χ1v) is 25.1. The quantitative estimate of drug-likeness (QED) is 0.157. The highest BCUT2D eigenvalue weighted by Crippen LogP contribution is 2.50. The highest BCUT2D eigenvalue weighted by atomic mass is 32.1. The lowest BCUT2D eigenvalue weighted by atomic mass is 9.93. The second-order valence-electron chi connectivity index (χ2n) is 18.9. The first-order chi connectivity index (χ1) is 45.4. The summed E-state index contributed by atoms with van der Waals surface area (Å²) in [5.41, 5.74) is 7.80. The highest BCUT2D eigenvalue weighted by molar-refractivity contribution is 7.26. The van der Waals surface area contributed by atoms with Gasteiger partial charge in [0.2, 0.25) is 0 Å². The van der Waals surface area contributed by atoms with E-state index in [9.17, 15) is 0 Å². The van der Waals surface area contributed by atoms with Gasteiger partial charge in [0.25, 0.3) is 0 Å². The molecule has 0 saturated heterocycles. The normalized spacial score (nSPS) is 16.0. The molecule has 0 radical (unpaired) electrons. The van der Waals surface area contributed by atoms with Crippen molar-refractivity contribution in [2.75, 3.05) is 0 Å². The summed E-state index contributed by atoms with van der Waals surface area (Å²) in [4.78, 5) is 0. The van der Waals surface area contributed by atoms with Crippen LogP contribution in [0.25, 0.3) is 163 Å². The minimum Gasteiger partial charge on any atom is -0.308 e. The van der Waals surface area contributed by atoms with Crippen LogP contribution in [0.4, 0.5) is 0 Å².